The number of phenolic OH excluding ortho intramolecular Hbond substituents is 1. The van der Waals surface area contributed by atoms with Gasteiger partial charge in [-0.1, -0.05) is 12.1 Å². The van der Waals surface area contributed by atoms with Gasteiger partial charge in [0.05, 0.1) is 6.61 Å². The van der Waals surface area contributed by atoms with E-state index in [1.165, 1.54) is 6.07 Å². The van der Waals surface area contributed by atoms with Crippen molar-refractivity contribution in [1.82, 2.24) is 0 Å². The fourth-order valence-electron chi connectivity index (χ4n) is 1.59. The number of para-hydroxylation sites is 1. The van der Waals surface area contributed by atoms with Crippen LogP contribution in [0.3, 0.4) is 0 Å². The van der Waals surface area contributed by atoms with Crippen LogP contribution in [0, 0.1) is 0 Å². The number of halogens is 4. The summed E-state index contributed by atoms with van der Waals surface area (Å²) in [6.07, 6.45) is -5.50. The Morgan fingerprint density at radius 3 is 2.53 bits per heavy atom. The summed E-state index contributed by atoms with van der Waals surface area (Å²) in [5, 5.41) is 9.83. The number of rotatable bonds is 5. The number of benzene rings is 1. The molecule has 0 aliphatic carbocycles. The van der Waals surface area contributed by atoms with Gasteiger partial charge in [-0.05, 0) is 19.4 Å². The molecule has 0 unspecified atom stereocenters. The van der Waals surface area contributed by atoms with Crippen molar-refractivity contribution in [2.45, 2.75) is 32.0 Å². The van der Waals surface area contributed by atoms with E-state index in [0.717, 1.165) is 0 Å². The van der Waals surface area contributed by atoms with Crippen LogP contribution in [-0.2, 0) is 0 Å². The molecule has 1 rings (SSSR count). The van der Waals surface area contributed by atoms with Crippen LogP contribution >= 0.6 is 12.4 Å². The molecule has 0 aliphatic rings. The Kier molecular flexibility index (Phi) is 7.00. The van der Waals surface area contributed by atoms with Gasteiger partial charge in [0, 0.05) is 18.0 Å². The molecule has 0 saturated heterocycles. The minimum Gasteiger partial charge on any atom is -0.504 e. The van der Waals surface area contributed by atoms with Crippen LogP contribution in [-0.4, -0.2) is 17.9 Å². The zero-order valence-electron chi connectivity index (χ0n) is 10.4. The zero-order chi connectivity index (χ0) is 13.8. The van der Waals surface area contributed by atoms with Crippen LogP contribution in [0.2, 0.25) is 0 Å². The van der Waals surface area contributed by atoms with Gasteiger partial charge in [0.25, 0.3) is 0 Å². The highest BCUT2D eigenvalue weighted by atomic mass is 35.5. The maximum absolute atomic E-state index is 12.1. The molecule has 0 fully saturated rings. The topological polar surface area (TPSA) is 55.5 Å². The van der Waals surface area contributed by atoms with Gasteiger partial charge < -0.3 is 15.6 Å². The SMILES string of the molecule is CCOc1cccc([C@H](N)CCC(F)(F)F)c1O.Cl. The van der Waals surface area contributed by atoms with Gasteiger partial charge in [0.2, 0.25) is 0 Å². The normalized spacial score (nSPS) is 12.7. The van der Waals surface area contributed by atoms with Crippen LogP contribution < -0.4 is 10.5 Å². The quantitative estimate of drug-likeness (QED) is 0.874. The van der Waals surface area contributed by atoms with Crippen molar-refractivity contribution >= 4 is 12.4 Å². The number of nitrogens with two attached hydrogens (primary N) is 1. The van der Waals surface area contributed by atoms with E-state index in [4.69, 9.17) is 10.5 Å². The van der Waals surface area contributed by atoms with Gasteiger partial charge in [-0.3, -0.25) is 0 Å². The van der Waals surface area contributed by atoms with E-state index in [0.29, 0.717) is 6.61 Å². The summed E-state index contributed by atoms with van der Waals surface area (Å²) in [6.45, 7) is 2.10. The van der Waals surface area contributed by atoms with Crippen molar-refractivity contribution in [3.8, 4) is 11.5 Å². The lowest BCUT2D eigenvalue weighted by Crippen LogP contribution is -2.16. The summed E-state index contributed by atoms with van der Waals surface area (Å²) < 4.78 is 41.4. The zero-order valence-corrected chi connectivity index (χ0v) is 11.2. The average molecular weight is 300 g/mol. The van der Waals surface area contributed by atoms with Gasteiger partial charge in [0.15, 0.2) is 11.5 Å². The van der Waals surface area contributed by atoms with Crippen LogP contribution in [0.5, 0.6) is 11.5 Å². The fraction of sp³-hybridized carbons (Fsp3) is 0.500. The number of aromatic hydroxyl groups is 1. The van der Waals surface area contributed by atoms with Crippen molar-refractivity contribution in [3.63, 3.8) is 0 Å². The molecule has 3 N–H and O–H groups in total. The maximum atomic E-state index is 12.1. The van der Waals surface area contributed by atoms with Gasteiger partial charge in [-0.15, -0.1) is 12.4 Å². The van der Waals surface area contributed by atoms with Crippen molar-refractivity contribution < 1.29 is 23.0 Å². The lowest BCUT2D eigenvalue weighted by molar-refractivity contribution is -0.136. The molecule has 1 aromatic rings. The summed E-state index contributed by atoms with van der Waals surface area (Å²) >= 11 is 0. The third-order valence-corrected chi connectivity index (χ3v) is 2.47. The van der Waals surface area contributed by atoms with Crippen LogP contribution in [0.4, 0.5) is 13.2 Å². The molecule has 19 heavy (non-hydrogen) atoms. The van der Waals surface area contributed by atoms with Crippen LogP contribution in [0.25, 0.3) is 0 Å². The summed E-state index contributed by atoms with van der Waals surface area (Å²) in [5.74, 6) is 0.0477. The minimum absolute atomic E-state index is 0. The lowest BCUT2D eigenvalue weighted by Gasteiger charge is -2.16. The number of hydrogen-bond acceptors (Lipinski definition) is 3. The van der Waals surface area contributed by atoms with E-state index in [-0.39, 0.29) is 35.9 Å². The molecule has 0 spiro atoms. The average Bonchev–Trinajstić information content (AvgIpc) is 2.28. The summed E-state index contributed by atoms with van der Waals surface area (Å²) in [5.41, 5.74) is 5.92. The van der Waals surface area contributed by atoms with Gasteiger partial charge in [-0.25, -0.2) is 0 Å². The maximum Gasteiger partial charge on any atom is 0.389 e. The lowest BCUT2D eigenvalue weighted by atomic mass is 10.0. The highest BCUT2D eigenvalue weighted by Gasteiger charge is 2.28. The molecular weight excluding hydrogens is 283 g/mol. The van der Waals surface area contributed by atoms with E-state index < -0.39 is 18.6 Å². The smallest absolute Gasteiger partial charge is 0.389 e. The van der Waals surface area contributed by atoms with E-state index in [1.807, 2.05) is 0 Å². The fourth-order valence-corrected chi connectivity index (χ4v) is 1.59. The Balaban J connectivity index is 0.00000324. The van der Waals surface area contributed by atoms with E-state index in [9.17, 15) is 18.3 Å². The number of ether oxygens (including phenoxy) is 1. The third kappa shape index (κ3) is 5.57. The Hall–Kier alpha value is -1.14. The van der Waals surface area contributed by atoms with E-state index in [2.05, 4.69) is 0 Å². The predicted molar refractivity (Wildman–Crippen MR) is 68.7 cm³/mol. The first kappa shape index (κ1) is 17.9. The highest BCUT2D eigenvalue weighted by molar-refractivity contribution is 5.85. The van der Waals surface area contributed by atoms with Gasteiger partial charge >= 0.3 is 6.18 Å². The first-order valence-electron chi connectivity index (χ1n) is 5.62. The molecular formula is C12H17ClF3NO2. The molecule has 0 amide bonds. The van der Waals surface area contributed by atoms with E-state index in [1.54, 1.807) is 19.1 Å². The van der Waals surface area contributed by atoms with Crippen molar-refractivity contribution in [3.05, 3.63) is 23.8 Å². The highest BCUT2D eigenvalue weighted by Crippen LogP contribution is 2.35. The Morgan fingerprint density at radius 2 is 2.00 bits per heavy atom. The largest absolute Gasteiger partial charge is 0.504 e. The van der Waals surface area contributed by atoms with Gasteiger partial charge in [0.1, 0.15) is 0 Å². The number of phenols is 1. The van der Waals surface area contributed by atoms with Crippen molar-refractivity contribution in [1.29, 1.82) is 0 Å². The monoisotopic (exact) mass is 299 g/mol. The Morgan fingerprint density at radius 1 is 1.37 bits per heavy atom. The Bertz CT molecular complexity index is 399. The molecule has 1 aromatic carbocycles. The first-order valence-corrected chi connectivity index (χ1v) is 5.62. The van der Waals surface area contributed by atoms with Crippen molar-refractivity contribution in [2.24, 2.45) is 5.73 Å². The molecule has 7 heteroatoms. The first-order chi connectivity index (χ1) is 8.35. The van der Waals surface area contributed by atoms with Crippen molar-refractivity contribution in [2.75, 3.05) is 6.61 Å². The second-order valence-corrected chi connectivity index (χ2v) is 3.89. The Labute approximate surface area is 116 Å². The molecule has 1 atom stereocenters. The number of hydrogen-bond donors (Lipinski definition) is 2. The summed E-state index contributed by atoms with van der Waals surface area (Å²) in [7, 11) is 0. The molecule has 0 saturated carbocycles. The molecule has 0 bridgehead atoms. The molecule has 110 valence electrons. The molecule has 0 radical (unpaired) electrons. The third-order valence-electron chi connectivity index (χ3n) is 2.47. The molecule has 0 aliphatic heterocycles. The predicted octanol–water partition coefficient (Wildman–Crippen LogP) is 3.56. The number of alkyl halides is 3. The minimum atomic E-state index is -4.25. The summed E-state index contributed by atoms with van der Waals surface area (Å²) in [6, 6.07) is 3.76. The van der Waals surface area contributed by atoms with Crippen LogP contribution in [0.1, 0.15) is 31.4 Å². The van der Waals surface area contributed by atoms with Crippen LogP contribution in [0.15, 0.2) is 18.2 Å². The molecule has 0 heterocycles. The second kappa shape index (κ2) is 7.45. The van der Waals surface area contributed by atoms with Gasteiger partial charge in [-0.2, -0.15) is 13.2 Å². The summed E-state index contributed by atoms with van der Waals surface area (Å²) in [4.78, 5) is 0. The molecule has 3 nitrogen and oxygen atoms in total. The standard InChI is InChI=1S/C12H16F3NO2.ClH/c1-2-18-10-5-3-4-8(11(10)17)9(16)6-7-12(13,14)15;/h3-5,9,17H,2,6-7,16H2,1H3;1H/t9-;/m1./s1. The molecule has 0 aromatic heterocycles. The van der Waals surface area contributed by atoms with E-state index >= 15 is 0 Å². The second-order valence-electron chi connectivity index (χ2n) is 3.89.